The Morgan fingerprint density at radius 1 is 1.32 bits per heavy atom. The second-order valence-corrected chi connectivity index (χ2v) is 9.72. The van der Waals surface area contributed by atoms with Gasteiger partial charge in [-0.1, -0.05) is 5.16 Å². The normalized spacial score (nSPS) is 18.1. The minimum Gasteiger partial charge on any atom is -0.356 e. The zero-order chi connectivity index (χ0) is 21.5. The minimum atomic E-state index is -0.332. The summed E-state index contributed by atoms with van der Waals surface area (Å²) in [6, 6.07) is 4.53. The highest BCUT2D eigenvalue weighted by molar-refractivity contribution is 7.13. The van der Waals surface area contributed by atoms with Crippen molar-refractivity contribution < 1.29 is 18.5 Å². The van der Waals surface area contributed by atoms with Gasteiger partial charge in [0.25, 0.3) is 0 Å². The van der Waals surface area contributed by atoms with E-state index < -0.39 is 0 Å². The van der Waals surface area contributed by atoms with Crippen LogP contribution in [0.3, 0.4) is 0 Å². The number of benzene rings is 1. The lowest BCUT2D eigenvalue weighted by Gasteiger charge is -2.30. The summed E-state index contributed by atoms with van der Waals surface area (Å²) in [5, 5.41) is 8.02. The number of carbonyl (C=O) groups excluding carboxylic acids is 2. The summed E-state index contributed by atoms with van der Waals surface area (Å²) in [6.45, 7) is 3.87. The Morgan fingerprint density at radius 3 is 2.94 bits per heavy atom. The predicted octanol–water partition coefficient (Wildman–Crippen LogP) is 4.67. The molecule has 0 bridgehead atoms. The van der Waals surface area contributed by atoms with E-state index in [1.807, 2.05) is 6.92 Å². The molecule has 0 unspecified atom stereocenters. The van der Waals surface area contributed by atoms with Gasteiger partial charge in [0.15, 0.2) is 11.4 Å². The highest BCUT2D eigenvalue weighted by atomic mass is 32.1. The van der Waals surface area contributed by atoms with Crippen LogP contribution >= 0.6 is 11.3 Å². The summed E-state index contributed by atoms with van der Waals surface area (Å²) in [4.78, 5) is 29.4. The van der Waals surface area contributed by atoms with E-state index in [-0.39, 0.29) is 23.4 Å². The molecule has 3 aromatic rings. The van der Waals surface area contributed by atoms with Gasteiger partial charge in [0.2, 0.25) is 5.91 Å². The van der Waals surface area contributed by atoms with Gasteiger partial charge in [-0.3, -0.25) is 14.5 Å². The number of hydrogen-bond acceptors (Lipinski definition) is 6. The molecule has 6 nitrogen and oxygen atoms in total. The van der Waals surface area contributed by atoms with Gasteiger partial charge in [0.05, 0.1) is 23.5 Å². The van der Waals surface area contributed by atoms with E-state index in [4.69, 9.17) is 4.52 Å². The van der Waals surface area contributed by atoms with E-state index in [9.17, 15) is 14.0 Å². The number of ketones is 1. The number of fused-ring (bicyclic) bond motifs is 2. The Hall–Kier alpha value is -2.58. The summed E-state index contributed by atoms with van der Waals surface area (Å²) >= 11 is 1.62. The number of amides is 1. The molecule has 1 fully saturated rings. The molecule has 2 aliphatic heterocycles. The maximum absolute atomic E-state index is 13.4. The van der Waals surface area contributed by atoms with Crippen molar-refractivity contribution in [3.63, 3.8) is 0 Å². The molecular weight excluding hydrogens is 417 g/mol. The summed E-state index contributed by atoms with van der Waals surface area (Å²) < 4.78 is 18.7. The van der Waals surface area contributed by atoms with Crippen molar-refractivity contribution in [3.8, 4) is 0 Å². The number of nitrogens with zero attached hydrogens (tertiary/aromatic N) is 2. The van der Waals surface area contributed by atoms with Gasteiger partial charge in [-0.2, -0.15) is 0 Å². The van der Waals surface area contributed by atoms with Crippen LogP contribution in [-0.2, 0) is 11.2 Å². The number of Topliss-reactive ketones (excluding diaryl/α,β-unsaturated/α-hetero) is 1. The lowest BCUT2D eigenvalue weighted by Crippen LogP contribution is -2.37. The molecule has 8 heteroatoms. The molecule has 1 aromatic carbocycles. The molecule has 31 heavy (non-hydrogen) atoms. The summed E-state index contributed by atoms with van der Waals surface area (Å²) in [6.07, 6.45) is 3.90. The van der Waals surface area contributed by atoms with Gasteiger partial charge >= 0.3 is 0 Å². The second-order valence-electron chi connectivity index (χ2n) is 8.42. The molecule has 0 aliphatic carbocycles. The van der Waals surface area contributed by atoms with Crippen LogP contribution in [-0.4, -0.2) is 41.4 Å². The fourth-order valence-electron chi connectivity index (χ4n) is 4.73. The van der Waals surface area contributed by atoms with Crippen molar-refractivity contribution >= 4 is 39.7 Å². The Bertz CT molecular complexity index is 1160. The fraction of sp³-hybridized carbons (Fsp3) is 0.435. The molecule has 0 radical (unpaired) electrons. The molecule has 1 saturated heterocycles. The molecule has 4 heterocycles. The van der Waals surface area contributed by atoms with Gasteiger partial charge in [-0.25, -0.2) is 4.39 Å². The zero-order valence-corrected chi connectivity index (χ0v) is 18.2. The summed E-state index contributed by atoms with van der Waals surface area (Å²) in [5.41, 5.74) is 2.78. The zero-order valence-electron chi connectivity index (χ0n) is 17.4. The number of aryl methyl sites for hydroxylation is 2. The number of rotatable bonds is 4. The number of halogens is 1. The maximum Gasteiger partial charge on any atom is 0.224 e. The van der Waals surface area contributed by atoms with E-state index in [2.05, 4.69) is 15.4 Å². The van der Waals surface area contributed by atoms with E-state index in [0.717, 1.165) is 65.3 Å². The van der Waals surface area contributed by atoms with Crippen molar-refractivity contribution in [1.82, 2.24) is 10.1 Å². The number of aromatic nitrogens is 1. The van der Waals surface area contributed by atoms with Crippen LogP contribution in [0, 0.1) is 12.7 Å². The predicted molar refractivity (Wildman–Crippen MR) is 117 cm³/mol. The standard InChI is InChI=1S/C23H24FN3O3S/c1-13-21(23-19(31-13)3-2-4-20(29)25-23)17(28)12-27-9-7-14(8-10-27)22-16-6-5-15(24)11-18(16)30-26-22/h5-6,11,14H,2-4,7-10,12H2,1H3,(H,25,29). The van der Waals surface area contributed by atoms with Crippen LogP contribution in [0.1, 0.15) is 57.4 Å². The van der Waals surface area contributed by atoms with Gasteiger partial charge in [0.1, 0.15) is 5.82 Å². The van der Waals surface area contributed by atoms with E-state index in [1.165, 1.54) is 12.1 Å². The van der Waals surface area contributed by atoms with Crippen molar-refractivity contribution in [2.45, 2.75) is 44.9 Å². The molecule has 0 saturated carbocycles. The lowest BCUT2D eigenvalue weighted by molar-refractivity contribution is -0.116. The first-order valence-corrected chi connectivity index (χ1v) is 11.5. The highest BCUT2D eigenvalue weighted by Crippen LogP contribution is 2.37. The molecule has 2 aromatic heterocycles. The van der Waals surface area contributed by atoms with Crippen molar-refractivity contribution in [1.29, 1.82) is 0 Å². The molecule has 1 amide bonds. The fourth-order valence-corrected chi connectivity index (χ4v) is 5.92. The maximum atomic E-state index is 13.4. The van der Waals surface area contributed by atoms with E-state index in [1.54, 1.807) is 17.4 Å². The first-order chi connectivity index (χ1) is 15.0. The van der Waals surface area contributed by atoms with Gasteiger partial charge in [0, 0.05) is 33.5 Å². The lowest BCUT2D eigenvalue weighted by atomic mass is 9.91. The average Bonchev–Trinajstić information content (AvgIpc) is 3.23. The quantitative estimate of drug-likeness (QED) is 0.596. The topological polar surface area (TPSA) is 75.4 Å². The molecule has 0 atom stereocenters. The number of anilines is 1. The Labute approximate surface area is 183 Å². The minimum absolute atomic E-state index is 0.00821. The molecule has 1 N–H and O–H groups in total. The average molecular weight is 442 g/mol. The molecule has 5 rings (SSSR count). The number of hydrogen-bond donors (Lipinski definition) is 1. The Balaban J connectivity index is 1.26. The van der Waals surface area contributed by atoms with Crippen molar-refractivity contribution in [2.24, 2.45) is 0 Å². The number of likely N-dealkylation sites (tertiary alicyclic amines) is 1. The van der Waals surface area contributed by atoms with Crippen LogP contribution in [0.2, 0.25) is 0 Å². The smallest absolute Gasteiger partial charge is 0.224 e. The second kappa shape index (κ2) is 8.16. The van der Waals surface area contributed by atoms with Crippen LogP contribution in [0.5, 0.6) is 0 Å². The third-order valence-electron chi connectivity index (χ3n) is 6.31. The summed E-state index contributed by atoms with van der Waals surface area (Å²) in [5.74, 6) is -0.0398. The Morgan fingerprint density at radius 2 is 2.13 bits per heavy atom. The van der Waals surface area contributed by atoms with Crippen LogP contribution in [0.15, 0.2) is 22.7 Å². The first-order valence-electron chi connectivity index (χ1n) is 10.7. The highest BCUT2D eigenvalue weighted by Gasteiger charge is 2.29. The first kappa shape index (κ1) is 20.3. The third-order valence-corrected chi connectivity index (χ3v) is 7.48. The molecular formula is C23H24FN3O3S. The number of thiophene rings is 1. The van der Waals surface area contributed by atoms with Gasteiger partial charge < -0.3 is 9.84 Å². The van der Waals surface area contributed by atoms with Crippen LogP contribution < -0.4 is 5.32 Å². The van der Waals surface area contributed by atoms with Crippen LogP contribution in [0.4, 0.5) is 10.1 Å². The van der Waals surface area contributed by atoms with E-state index in [0.29, 0.717) is 24.1 Å². The number of piperidine rings is 1. The molecule has 0 spiro atoms. The number of nitrogens with one attached hydrogen (secondary N) is 1. The van der Waals surface area contributed by atoms with Crippen molar-refractivity contribution in [2.75, 3.05) is 25.0 Å². The Kier molecular flexibility index (Phi) is 5.35. The van der Waals surface area contributed by atoms with E-state index >= 15 is 0 Å². The molecule has 2 aliphatic rings. The monoisotopic (exact) mass is 441 g/mol. The number of carbonyl (C=O) groups is 2. The van der Waals surface area contributed by atoms with Gasteiger partial charge in [-0.15, -0.1) is 11.3 Å². The third kappa shape index (κ3) is 3.90. The SMILES string of the molecule is Cc1sc2c(c1C(=O)CN1CCC(c3noc4cc(F)ccc34)CC1)NC(=O)CCC2. The van der Waals surface area contributed by atoms with Crippen LogP contribution in [0.25, 0.3) is 11.0 Å². The van der Waals surface area contributed by atoms with Gasteiger partial charge in [-0.05, 0) is 57.8 Å². The molecule has 162 valence electrons. The largest absolute Gasteiger partial charge is 0.356 e. The summed E-state index contributed by atoms with van der Waals surface area (Å²) in [7, 11) is 0. The van der Waals surface area contributed by atoms with Crippen molar-refractivity contribution in [3.05, 3.63) is 45.0 Å².